The summed E-state index contributed by atoms with van der Waals surface area (Å²) in [6.45, 7) is 6.42. The van der Waals surface area contributed by atoms with Gasteiger partial charge in [-0.3, -0.25) is 14.6 Å². The van der Waals surface area contributed by atoms with Gasteiger partial charge < -0.3 is 10.0 Å². The second kappa shape index (κ2) is 12.5. The fourth-order valence-corrected chi connectivity index (χ4v) is 5.81. The maximum atomic E-state index is 13.5. The van der Waals surface area contributed by atoms with Gasteiger partial charge in [0, 0.05) is 12.6 Å². The number of aliphatic hydroxyl groups excluding tert-OH is 1. The van der Waals surface area contributed by atoms with Crippen LogP contribution >= 0.6 is 12.2 Å². The number of halogens is 3. The molecule has 0 aromatic heterocycles. The van der Waals surface area contributed by atoms with E-state index in [1.165, 1.54) is 18.9 Å². The minimum absolute atomic E-state index is 0.0242. The van der Waals surface area contributed by atoms with Crippen molar-refractivity contribution >= 4 is 28.9 Å². The van der Waals surface area contributed by atoms with Crippen molar-refractivity contribution in [3.05, 3.63) is 29.3 Å². The SMILES string of the molecule is CC1(C)C(=O)N(c2ccc(C#N)c(C(F)(F)F)c2)C(=S)N1CCCCCCCCCN1CCC[C@@H]1CO. The van der Waals surface area contributed by atoms with E-state index in [9.17, 15) is 23.1 Å². The van der Waals surface area contributed by atoms with Crippen molar-refractivity contribution < 1.29 is 23.1 Å². The lowest BCUT2D eigenvalue weighted by Gasteiger charge is -2.29. The Morgan fingerprint density at radius 1 is 1.11 bits per heavy atom. The molecular formula is C27H37F3N4O2S. The predicted molar refractivity (Wildman–Crippen MR) is 141 cm³/mol. The first-order chi connectivity index (χ1) is 17.5. The number of likely N-dealkylation sites (tertiary alicyclic amines) is 1. The molecule has 0 radical (unpaired) electrons. The van der Waals surface area contributed by atoms with Gasteiger partial charge in [-0.05, 0) is 83.0 Å². The van der Waals surface area contributed by atoms with Crippen LogP contribution in [-0.4, -0.2) is 63.7 Å². The zero-order chi connectivity index (χ0) is 27.2. The first kappa shape index (κ1) is 29.3. The van der Waals surface area contributed by atoms with Crippen LogP contribution in [0.3, 0.4) is 0 Å². The number of alkyl halides is 3. The Balaban J connectivity index is 1.46. The van der Waals surface area contributed by atoms with Gasteiger partial charge in [0.25, 0.3) is 5.91 Å². The van der Waals surface area contributed by atoms with Crippen molar-refractivity contribution in [3.8, 4) is 6.07 Å². The van der Waals surface area contributed by atoms with Crippen molar-refractivity contribution in [2.75, 3.05) is 31.1 Å². The van der Waals surface area contributed by atoms with E-state index in [2.05, 4.69) is 4.90 Å². The number of nitriles is 1. The van der Waals surface area contributed by atoms with E-state index < -0.39 is 22.8 Å². The fraction of sp³-hybridized carbons (Fsp3) is 0.667. The predicted octanol–water partition coefficient (Wildman–Crippen LogP) is 5.48. The molecule has 2 saturated heterocycles. The van der Waals surface area contributed by atoms with Crippen molar-refractivity contribution in [3.63, 3.8) is 0 Å². The Kier molecular flexibility index (Phi) is 9.95. The molecule has 37 heavy (non-hydrogen) atoms. The summed E-state index contributed by atoms with van der Waals surface area (Å²) in [5, 5.41) is 18.7. The molecule has 2 heterocycles. The molecule has 204 valence electrons. The van der Waals surface area contributed by atoms with E-state index in [0.717, 1.165) is 75.1 Å². The molecule has 2 aliphatic heterocycles. The second-order valence-electron chi connectivity index (χ2n) is 10.5. The molecule has 1 atom stereocenters. The second-order valence-corrected chi connectivity index (χ2v) is 10.8. The van der Waals surface area contributed by atoms with E-state index in [1.807, 2.05) is 0 Å². The quantitative estimate of drug-likeness (QED) is 0.281. The summed E-state index contributed by atoms with van der Waals surface area (Å²) in [6.07, 6.45) is 5.07. The van der Waals surface area contributed by atoms with Crippen LogP contribution in [0.4, 0.5) is 18.9 Å². The average Bonchev–Trinajstić information content (AvgIpc) is 3.37. The molecule has 3 rings (SSSR count). The highest BCUT2D eigenvalue weighted by atomic mass is 32.1. The van der Waals surface area contributed by atoms with Gasteiger partial charge in [-0.2, -0.15) is 18.4 Å². The molecule has 1 aromatic rings. The summed E-state index contributed by atoms with van der Waals surface area (Å²) in [5.41, 5.74) is -2.51. The molecule has 1 N–H and O–H groups in total. The first-order valence-electron chi connectivity index (χ1n) is 13.1. The van der Waals surface area contributed by atoms with Crippen LogP contribution < -0.4 is 4.90 Å². The number of amides is 1. The van der Waals surface area contributed by atoms with E-state index >= 15 is 0 Å². The Labute approximate surface area is 223 Å². The number of unbranched alkanes of at least 4 members (excludes halogenated alkanes) is 6. The van der Waals surface area contributed by atoms with Crippen LogP contribution in [-0.2, 0) is 11.0 Å². The van der Waals surface area contributed by atoms with Crippen LogP contribution in [0.5, 0.6) is 0 Å². The van der Waals surface area contributed by atoms with Gasteiger partial charge in [-0.15, -0.1) is 0 Å². The zero-order valence-electron chi connectivity index (χ0n) is 21.7. The molecule has 1 aromatic carbocycles. The number of anilines is 1. The number of aliphatic hydroxyl groups is 1. The maximum absolute atomic E-state index is 13.5. The Hall–Kier alpha value is -2.22. The lowest BCUT2D eigenvalue weighted by atomic mass is 10.0. The Morgan fingerprint density at radius 3 is 2.32 bits per heavy atom. The molecule has 2 fully saturated rings. The molecule has 0 unspecified atom stereocenters. The fourth-order valence-electron chi connectivity index (χ4n) is 5.31. The van der Waals surface area contributed by atoms with Crippen LogP contribution in [0.25, 0.3) is 0 Å². The van der Waals surface area contributed by atoms with Gasteiger partial charge in [0.1, 0.15) is 5.54 Å². The standard InChI is InChI=1S/C27H37F3N4O2S/c1-26(2)24(36)34(21-13-12-20(18-31)23(17-21)27(28,29)30)25(37)33(26)16-9-7-5-3-4-6-8-14-32-15-10-11-22(32)19-35/h12-13,17,22,35H,3-11,14-16,19H2,1-2H3/t22-/m1/s1. The minimum Gasteiger partial charge on any atom is -0.395 e. The van der Waals surface area contributed by atoms with Crippen LogP contribution in [0.2, 0.25) is 0 Å². The highest BCUT2D eigenvalue weighted by molar-refractivity contribution is 7.80. The van der Waals surface area contributed by atoms with E-state index in [-0.39, 0.29) is 23.3 Å². The van der Waals surface area contributed by atoms with Crippen molar-refractivity contribution in [1.82, 2.24) is 9.80 Å². The van der Waals surface area contributed by atoms with Gasteiger partial charge in [-0.25, -0.2) is 0 Å². The smallest absolute Gasteiger partial charge is 0.395 e. The number of hydrogen-bond donors (Lipinski definition) is 1. The van der Waals surface area contributed by atoms with Gasteiger partial charge in [-0.1, -0.05) is 32.1 Å². The molecule has 6 nitrogen and oxygen atoms in total. The van der Waals surface area contributed by atoms with E-state index in [4.69, 9.17) is 17.5 Å². The molecule has 10 heteroatoms. The summed E-state index contributed by atoms with van der Waals surface area (Å²) in [7, 11) is 0. The number of carbonyl (C=O) groups is 1. The Morgan fingerprint density at radius 2 is 1.73 bits per heavy atom. The summed E-state index contributed by atoms with van der Waals surface area (Å²) in [6, 6.07) is 5.15. The van der Waals surface area contributed by atoms with Crippen LogP contribution in [0, 0.1) is 11.3 Å². The summed E-state index contributed by atoms with van der Waals surface area (Å²) in [5.74, 6) is -0.378. The monoisotopic (exact) mass is 538 g/mol. The van der Waals surface area contributed by atoms with Crippen molar-refractivity contribution in [2.24, 2.45) is 0 Å². The van der Waals surface area contributed by atoms with Crippen molar-refractivity contribution in [2.45, 2.75) is 89.4 Å². The number of hydrogen-bond acceptors (Lipinski definition) is 5. The number of benzene rings is 1. The highest BCUT2D eigenvalue weighted by Crippen LogP contribution is 2.38. The Bertz CT molecular complexity index is 1010. The van der Waals surface area contributed by atoms with Gasteiger partial charge in [0.2, 0.25) is 0 Å². The molecule has 1 amide bonds. The molecule has 0 bridgehead atoms. The number of rotatable bonds is 12. The van der Waals surface area contributed by atoms with Crippen LogP contribution in [0.1, 0.15) is 82.8 Å². The topological polar surface area (TPSA) is 70.8 Å². The van der Waals surface area contributed by atoms with Gasteiger partial charge in [0.05, 0.1) is 29.5 Å². The lowest BCUT2D eigenvalue weighted by molar-refractivity contribution is -0.137. The molecule has 2 aliphatic rings. The summed E-state index contributed by atoms with van der Waals surface area (Å²) >= 11 is 5.54. The molecule has 0 aliphatic carbocycles. The summed E-state index contributed by atoms with van der Waals surface area (Å²) < 4.78 is 40.4. The third kappa shape index (κ3) is 6.81. The maximum Gasteiger partial charge on any atom is 0.417 e. The van der Waals surface area contributed by atoms with Gasteiger partial charge in [0.15, 0.2) is 5.11 Å². The summed E-state index contributed by atoms with van der Waals surface area (Å²) in [4.78, 5) is 18.5. The number of nitrogens with zero attached hydrogens (tertiary/aromatic N) is 4. The van der Waals surface area contributed by atoms with Crippen molar-refractivity contribution in [1.29, 1.82) is 5.26 Å². The van der Waals surface area contributed by atoms with E-state index in [1.54, 1.807) is 24.8 Å². The van der Waals surface area contributed by atoms with Crippen LogP contribution in [0.15, 0.2) is 18.2 Å². The largest absolute Gasteiger partial charge is 0.417 e. The highest BCUT2D eigenvalue weighted by Gasteiger charge is 2.49. The molecule has 0 spiro atoms. The zero-order valence-corrected chi connectivity index (χ0v) is 22.5. The van der Waals surface area contributed by atoms with E-state index in [0.29, 0.717) is 12.6 Å². The third-order valence-corrected chi connectivity index (χ3v) is 7.95. The molecule has 0 saturated carbocycles. The average molecular weight is 539 g/mol. The first-order valence-corrected chi connectivity index (χ1v) is 13.6. The van der Waals surface area contributed by atoms with Gasteiger partial charge >= 0.3 is 6.18 Å². The normalized spacial score (nSPS) is 20.2. The molecular weight excluding hydrogens is 501 g/mol. The lowest BCUT2D eigenvalue weighted by Crippen LogP contribution is -2.44. The number of carbonyl (C=O) groups excluding carboxylic acids is 1. The minimum atomic E-state index is -4.71. The number of thiocarbonyl (C=S) groups is 1. The third-order valence-electron chi connectivity index (χ3n) is 7.55.